The second-order valence-corrected chi connectivity index (χ2v) is 6.08. The maximum Gasteiger partial charge on any atom is 0.130 e. The van der Waals surface area contributed by atoms with Crippen molar-refractivity contribution in [1.29, 1.82) is 0 Å². The molecule has 18 heavy (non-hydrogen) atoms. The van der Waals surface area contributed by atoms with Crippen molar-refractivity contribution in [2.24, 2.45) is 11.7 Å². The van der Waals surface area contributed by atoms with Crippen molar-refractivity contribution in [1.82, 2.24) is 9.97 Å². The van der Waals surface area contributed by atoms with Crippen LogP contribution in [0.5, 0.6) is 0 Å². The third-order valence-corrected chi connectivity index (χ3v) is 4.37. The van der Waals surface area contributed by atoms with Crippen LogP contribution >= 0.6 is 11.8 Å². The minimum atomic E-state index is 0.0156. The molecule has 0 bridgehead atoms. The molecule has 100 valence electrons. The summed E-state index contributed by atoms with van der Waals surface area (Å²) in [5.41, 5.74) is 6.02. The van der Waals surface area contributed by atoms with E-state index in [1.165, 1.54) is 12.8 Å². The van der Waals surface area contributed by atoms with Gasteiger partial charge in [-0.25, -0.2) is 9.97 Å². The van der Waals surface area contributed by atoms with E-state index in [1.54, 1.807) is 18.1 Å². The van der Waals surface area contributed by atoms with Gasteiger partial charge in [-0.2, -0.15) is 0 Å². The van der Waals surface area contributed by atoms with Crippen molar-refractivity contribution < 1.29 is 0 Å². The maximum absolute atomic E-state index is 6.01. The number of aromatic nitrogens is 2. The van der Waals surface area contributed by atoms with E-state index in [-0.39, 0.29) is 5.54 Å². The van der Waals surface area contributed by atoms with Crippen LogP contribution in [0.4, 0.5) is 5.82 Å². The van der Waals surface area contributed by atoms with E-state index >= 15 is 0 Å². The first-order valence-corrected chi connectivity index (χ1v) is 7.74. The predicted molar refractivity (Wildman–Crippen MR) is 76.9 cm³/mol. The quantitative estimate of drug-likeness (QED) is 0.647. The molecule has 1 aromatic rings. The molecule has 0 radical (unpaired) electrons. The molecule has 0 amide bonds. The Morgan fingerprint density at radius 2 is 2.39 bits per heavy atom. The van der Waals surface area contributed by atoms with Gasteiger partial charge in [0.25, 0.3) is 0 Å². The highest BCUT2D eigenvalue weighted by molar-refractivity contribution is 7.98. The highest BCUT2D eigenvalue weighted by Crippen LogP contribution is 2.34. The molecule has 0 spiro atoms. The molecule has 1 heterocycles. The van der Waals surface area contributed by atoms with E-state index in [1.807, 2.05) is 12.3 Å². The smallest absolute Gasteiger partial charge is 0.130 e. The molecule has 1 saturated carbocycles. The first-order valence-electron chi connectivity index (χ1n) is 6.52. The Hall–Kier alpha value is -0.810. The zero-order chi connectivity index (χ0) is 13.0. The topological polar surface area (TPSA) is 63.8 Å². The molecule has 2 unspecified atom stereocenters. The Balaban J connectivity index is 2.13. The van der Waals surface area contributed by atoms with Gasteiger partial charge in [-0.05, 0) is 25.0 Å². The van der Waals surface area contributed by atoms with Gasteiger partial charge in [-0.15, -0.1) is 11.8 Å². The second kappa shape index (κ2) is 5.89. The molecule has 2 rings (SSSR count). The SMILES string of the molecule is CSc1cc(NC2(CN)CCCC(C)C2)ncn1. The van der Waals surface area contributed by atoms with E-state index in [0.29, 0.717) is 6.54 Å². The maximum atomic E-state index is 6.01. The summed E-state index contributed by atoms with van der Waals surface area (Å²) in [5.74, 6) is 1.63. The first-order chi connectivity index (χ1) is 8.67. The van der Waals surface area contributed by atoms with Crippen molar-refractivity contribution in [3.63, 3.8) is 0 Å². The molecule has 4 nitrogen and oxygen atoms in total. The van der Waals surface area contributed by atoms with Gasteiger partial charge in [0.2, 0.25) is 0 Å². The van der Waals surface area contributed by atoms with Crippen molar-refractivity contribution in [2.75, 3.05) is 18.1 Å². The van der Waals surface area contributed by atoms with Crippen molar-refractivity contribution >= 4 is 17.6 Å². The molecule has 0 aromatic carbocycles. The summed E-state index contributed by atoms with van der Waals surface area (Å²) in [6.45, 7) is 2.97. The average molecular weight is 266 g/mol. The number of nitrogens with one attached hydrogen (secondary N) is 1. The molecule has 1 aliphatic carbocycles. The van der Waals surface area contributed by atoms with Gasteiger partial charge < -0.3 is 11.1 Å². The Bertz CT molecular complexity index is 398. The Morgan fingerprint density at radius 1 is 1.56 bits per heavy atom. The highest BCUT2D eigenvalue weighted by atomic mass is 32.2. The Labute approximate surface area is 113 Å². The Morgan fingerprint density at radius 3 is 3.06 bits per heavy atom. The number of nitrogens with zero attached hydrogens (tertiary/aromatic N) is 2. The van der Waals surface area contributed by atoms with E-state index in [2.05, 4.69) is 22.2 Å². The lowest BCUT2D eigenvalue weighted by Gasteiger charge is -2.40. The first kappa shape index (κ1) is 13.6. The lowest BCUT2D eigenvalue weighted by atomic mass is 9.76. The zero-order valence-electron chi connectivity index (χ0n) is 11.1. The van der Waals surface area contributed by atoms with E-state index in [9.17, 15) is 0 Å². The van der Waals surface area contributed by atoms with Gasteiger partial charge in [0.1, 0.15) is 17.2 Å². The summed E-state index contributed by atoms with van der Waals surface area (Å²) in [7, 11) is 0. The number of rotatable bonds is 4. The molecule has 2 atom stereocenters. The fourth-order valence-electron chi connectivity index (χ4n) is 2.80. The number of nitrogens with two attached hydrogens (primary N) is 1. The summed E-state index contributed by atoms with van der Waals surface area (Å²) in [5, 5.41) is 4.55. The van der Waals surface area contributed by atoms with Gasteiger partial charge in [0, 0.05) is 12.6 Å². The van der Waals surface area contributed by atoms with Crippen LogP contribution in [0.2, 0.25) is 0 Å². The molecular formula is C13H22N4S. The largest absolute Gasteiger partial charge is 0.363 e. The fourth-order valence-corrected chi connectivity index (χ4v) is 3.18. The van der Waals surface area contributed by atoms with Gasteiger partial charge in [0.05, 0.1) is 5.54 Å². The molecular weight excluding hydrogens is 244 g/mol. The van der Waals surface area contributed by atoms with Crippen LogP contribution in [-0.2, 0) is 0 Å². The second-order valence-electron chi connectivity index (χ2n) is 5.26. The van der Waals surface area contributed by atoms with Crippen LogP contribution in [0.1, 0.15) is 32.6 Å². The summed E-state index contributed by atoms with van der Waals surface area (Å²) >= 11 is 1.63. The van der Waals surface area contributed by atoms with Crippen LogP contribution in [0.3, 0.4) is 0 Å². The Kier molecular flexibility index (Phi) is 4.45. The van der Waals surface area contributed by atoms with Crippen LogP contribution in [0.15, 0.2) is 17.4 Å². The van der Waals surface area contributed by atoms with Gasteiger partial charge in [-0.1, -0.05) is 19.8 Å². The minimum absolute atomic E-state index is 0.0156. The van der Waals surface area contributed by atoms with Crippen LogP contribution in [-0.4, -0.2) is 28.3 Å². The molecule has 5 heteroatoms. The predicted octanol–water partition coefficient (Wildman–Crippen LogP) is 2.52. The number of hydrogen-bond acceptors (Lipinski definition) is 5. The average Bonchev–Trinajstić information content (AvgIpc) is 2.39. The van der Waals surface area contributed by atoms with Gasteiger partial charge in [0.15, 0.2) is 0 Å². The van der Waals surface area contributed by atoms with E-state index < -0.39 is 0 Å². The lowest BCUT2D eigenvalue weighted by Crippen LogP contribution is -2.48. The summed E-state index contributed by atoms with van der Waals surface area (Å²) in [6.07, 6.45) is 8.45. The summed E-state index contributed by atoms with van der Waals surface area (Å²) < 4.78 is 0. The monoisotopic (exact) mass is 266 g/mol. The van der Waals surface area contributed by atoms with Crippen molar-refractivity contribution in [3.05, 3.63) is 12.4 Å². The number of anilines is 1. The van der Waals surface area contributed by atoms with E-state index in [4.69, 9.17) is 5.73 Å². The zero-order valence-corrected chi connectivity index (χ0v) is 12.0. The minimum Gasteiger partial charge on any atom is -0.363 e. The number of thioether (sulfide) groups is 1. The normalized spacial score (nSPS) is 28.1. The molecule has 0 aliphatic heterocycles. The van der Waals surface area contributed by atoms with Crippen molar-refractivity contribution in [3.8, 4) is 0 Å². The van der Waals surface area contributed by atoms with E-state index in [0.717, 1.165) is 29.6 Å². The molecule has 1 aromatic heterocycles. The van der Waals surface area contributed by atoms with Crippen LogP contribution in [0, 0.1) is 5.92 Å². The summed E-state index contributed by atoms with van der Waals surface area (Å²) in [6, 6.07) is 2.00. The molecule has 0 saturated heterocycles. The van der Waals surface area contributed by atoms with Gasteiger partial charge in [-0.3, -0.25) is 0 Å². The standard InChI is InChI=1S/C13H22N4S/c1-10-4-3-5-13(7-10,8-14)17-11-6-12(18-2)16-9-15-11/h6,9-10H,3-5,7-8,14H2,1-2H3,(H,15,16,17). The molecule has 1 fully saturated rings. The molecule has 3 N–H and O–H groups in total. The van der Waals surface area contributed by atoms with Crippen LogP contribution < -0.4 is 11.1 Å². The summed E-state index contributed by atoms with van der Waals surface area (Å²) in [4.78, 5) is 8.50. The third-order valence-electron chi connectivity index (χ3n) is 3.73. The molecule has 1 aliphatic rings. The van der Waals surface area contributed by atoms with Crippen molar-refractivity contribution in [2.45, 2.75) is 43.2 Å². The van der Waals surface area contributed by atoms with Gasteiger partial charge >= 0.3 is 0 Å². The lowest BCUT2D eigenvalue weighted by molar-refractivity contribution is 0.263. The highest BCUT2D eigenvalue weighted by Gasteiger charge is 2.33. The number of hydrogen-bond donors (Lipinski definition) is 2. The van der Waals surface area contributed by atoms with Crippen LogP contribution in [0.25, 0.3) is 0 Å². The third kappa shape index (κ3) is 3.14. The fraction of sp³-hybridized carbons (Fsp3) is 0.692.